The van der Waals surface area contributed by atoms with Crippen LogP contribution in [0.5, 0.6) is 0 Å². The molecule has 4 heteroatoms. The third-order valence-electron chi connectivity index (χ3n) is 1.90. The van der Waals surface area contributed by atoms with Crippen LogP contribution < -0.4 is 5.32 Å². The average Bonchev–Trinajstić information content (AvgIpc) is 2.21. The van der Waals surface area contributed by atoms with Gasteiger partial charge < -0.3 is 14.8 Å². The monoisotopic (exact) mass is 168 g/mol. The smallest absolute Gasteiger partial charge is 0.134 e. The summed E-state index contributed by atoms with van der Waals surface area (Å²) in [7, 11) is 0. The SMILES string of the molecule is C1=NC=C(C2COCCN2)OC1. The molecular weight excluding hydrogens is 156 g/mol. The van der Waals surface area contributed by atoms with Crippen LogP contribution in [-0.4, -0.2) is 38.6 Å². The lowest BCUT2D eigenvalue weighted by atomic mass is 10.2. The molecule has 0 amide bonds. The zero-order valence-electron chi connectivity index (χ0n) is 6.82. The van der Waals surface area contributed by atoms with E-state index in [9.17, 15) is 0 Å². The Morgan fingerprint density at radius 2 is 2.58 bits per heavy atom. The van der Waals surface area contributed by atoms with Crippen LogP contribution in [0.15, 0.2) is 17.0 Å². The van der Waals surface area contributed by atoms with Gasteiger partial charge in [0.05, 0.1) is 25.5 Å². The van der Waals surface area contributed by atoms with Crippen molar-refractivity contribution in [1.82, 2.24) is 5.32 Å². The van der Waals surface area contributed by atoms with Crippen LogP contribution >= 0.6 is 0 Å². The van der Waals surface area contributed by atoms with Gasteiger partial charge in [-0.2, -0.15) is 0 Å². The van der Waals surface area contributed by atoms with E-state index >= 15 is 0 Å². The fourth-order valence-corrected chi connectivity index (χ4v) is 1.28. The van der Waals surface area contributed by atoms with Gasteiger partial charge in [0.25, 0.3) is 0 Å². The minimum atomic E-state index is 0.191. The molecule has 0 saturated carbocycles. The van der Waals surface area contributed by atoms with Gasteiger partial charge in [0, 0.05) is 12.8 Å². The Balaban J connectivity index is 1.97. The average molecular weight is 168 g/mol. The Morgan fingerprint density at radius 3 is 3.25 bits per heavy atom. The van der Waals surface area contributed by atoms with Crippen molar-refractivity contribution in [3.8, 4) is 0 Å². The highest BCUT2D eigenvalue weighted by Gasteiger charge is 2.19. The molecule has 0 aliphatic carbocycles. The molecule has 0 aromatic heterocycles. The van der Waals surface area contributed by atoms with Gasteiger partial charge in [-0.3, -0.25) is 4.99 Å². The minimum Gasteiger partial charge on any atom is -0.489 e. The molecule has 0 bridgehead atoms. The highest BCUT2D eigenvalue weighted by Crippen LogP contribution is 2.09. The number of aliphatic imine (C=N–C) groups is 1. The Bertz CT molecular complexity index is 207. The summed E-state index contributed by atoms with van der Waals surface area (Å²) in [6.07, 6.45) is 3.49. The maximum Gasteiger partial charge on any atom is 0.134 e. The molecule has 1 N–H and O–H groups in total. The molecule has 0 radical (unpaired) electrons. The van der Waals surface area contributed by atoms with E-state index in [0.29, 0.717) is 13.2 Å². The van der Waals surface area contributed by atoms with Crippen molar-refractivity contribution >= 4 is 6.21 Å². The fourth-order valence-electron chi connectivity index (χ4n) is 1.28. The van der Waals surface area contributed by atoms with Crippen molar-refractivity contribution in [2.75, 3.05) is 26.4 Å². The number of ether oxygens (including phenoxy) is 2. The van der Waals surface area contributed by atoms with Crippen LogP contribution in [0.2, 0.25) is 0 Å². The zero-order chi connectivity index (χ0) is 8.23. The Hall–Kier alpha value is -0.870. The molecule has 1 unspecified atom stereocenters. The van der Waals surface area contributed by atoms with Crippen molar-refractivity contribution in [3.05, 3.63) is 12.0 Å². The highest BCUT2D eigenvalue weighted by atomic mass is 16.5. The minimum absolute atomic E-state index is 0.191. The van der Waals surface area contributed by atoms with Gasteiger partial charge in [-0.05, 0) is 0 Å². The van der Waals surface area contributed by atoms with Crippen molar-refractivity contribution in [3.63, 3.8) is 0 Å². The van der Waals surface area contributed by atoms with Crippen molar-refractivity contribution in [2.24, 2.45) is 4.99 Å². The summed E-state index contributed by atoms with van der Waals surface area (Å²) < 4.78 is 10.7. The standard InChI is InChI=1S/C8H12N2O2/c1-4-12-8(5-9-1)7-6-11-3-2-10-7/h1,5,7,10H,2-4,6H2. The van der Waals surface area contributed by atoms with Gasteiger partial charge in [-0.15, -0.1) is 0 Å². The first-order valence-corrected chi connectivity index (χ1v) is 4.12. The van der Waals surface area contributed by atoms with Crippen LogP contribution in [0.1, 0.15) is 0 Å². The molecule has 2 heterocycles. The lowest BCUT2D eigenvalue weighted by Crippen LogP contribution is -2.43. The summed E-state index contributed by atoms with van der Waals surface area (Å²) in [5, 5.41) is 3.30. The van der Waals surface area contributed by atoms with Crippen LogP contribution in [0.4, 0.5) is 0 Å². The molecule has 0 aromatic rings. The van der Waals surface area contributed by atoms with Gasteiger partial charge in [0.15, 0.2) is 0 Å². The molecular formula is C8H12N2O2. The van der Waals surface area contributed by atoms with Gasteiger partial charge in [-0.25, -0.2) is 0 Å². The maximum atomic E-state index is 5.39. The molecule has 2 aliphatic heterocycles. The number of hydrogen-bond donors (Lipinski definition) is 1. The number of nitrogens with zero attached hydrogens (tertiary/aromatic N) is 1. The normalized spacial score (nSPS) is 29.3. The molecule has 0 spiro atoms. The molecule has 66 valence electrons. The fraction of sp³-hybridized carbons (Fsp3) is 0.625. The van der Waals surface area contributed by atoms with Crippen molar-refractivity contribution in [1.29, 1.82) is 0 Å². The molecule has 12 heavy (non-hydrogen) atoms. The molecule has 1 fully saturated rings. The summed E-state index contributed by atoms with van der Waals surface area (Å²) in [5.41, 5.74) is 0. The van der Waals surface area contributed by atoms with Crippen molar-refractivity contribution in [2.45, 2.75) is 6.04 Å². The first kappa shape index (κ1) is 7.76. The molecule has 4 nitrogen and oxygen atoms in total. The van der Waals surface area contributed by atoms with Crippen LogP contribution in [0.3, 0.4) is 0 Å². The van der Waals surface area contributed by atoms with Crippen molar-refractivity contribution < 1.29 is 9.47 Å². The first-order chi connectivity index (χ1) is 5.97. The lowest BCUT2D eigenvalue weighted by molar-refractivity contribution is 0.0656. The predicted octanol–water partition coefficient (Wildman–Crippen LogP) is -0.0828. The maximum absolute atomic E-state index is 5.39. The number of hydrogen-bond acceptors (Lipinski definition) is 4. The lowest BCUT2D eigenvalue weighted by Gasteiger charge is -2.26. The predicted molar refractivity (Wildman–Crippen MR) is 45.1 cm³/mol. The van der Waals surface area contributed by atoms with Gasteiger partial charge in [-0.1, -0.05) is 0 Å². The zero-order valence-corrected chi connectivity index (χ0v) is 6.82. The van der Waals surface area contributed by atoms with E-state index in [2.05, 4.69) is 10.3 Å². The van der Waals surface area contributed by atoms with Gasteiger partial charge in [0.1, 0.15) is 12.4 Å². The summed E-state index contributed by atoms with van der Waals surface area (Å²) in [5.74, 6) is 0.886. The Kier molecular flexibility index (Phi) is 2.39. The summed E-state index contributed by atoms with van der Waals surface area (Å²) in [6, 6.07) is 0.191. The quantitative estimate of drug-likeness (QED) is 0.595. The third-order valence-corrected chi connectivity index (χ3v) is 1.90. The van der Waals surface area contributed by atoms with Gasteiger partial charge in [0.2, 0.25) is 0 Å². The Morgan fingerprint density at radius 1 is 1.58 bits per heavy atom. The van der Waals surface area contributed by atoms with E-state index in [0.717, 1.165) is 18.9 Å². The van der Waals surface area contributed by atoms with E-state index < -0.39 is 0 Å². The second kappa shape index (κ2) is 3.69. The summed E-state index contributed by atoms with van der Waals surface area (Å²) in [4.78, 5) is 4.03. The number of morpholine rings is 1. The third kappa shape index (κ3) is 1.65. The molecule has 2 aliphatic rings. The Labute approximate surface area is 71.3 Å². The molecule has 1 saturated heterocycles. The van der Waals surface area contributed by atoms with E-state index in [4.69, 9.17) is 9.47 Å². The molecule has 0 aromatic carbocycles. The largest absolute Gasteiger partial charge is 0.489 e. The van der Waals surface area contributed by atoms with Gasteiger partial charge >= 0.3 is 0 Å². The number of rotatable bonds is 1. The molecule has 2 rings (SSSR count). The van der Waals surface area contributed by atoms with E-state index in [1.54, 1.807) is 12.4 Å². The second-order valence-corrected chi connectivity index (χ2v) is 2.76. The second-order valence-electron chi connectivity index (χ2n) is 2.76. The van der Waals surface area contributed by atoms with E-state index in [-0.39, 0.29) is 6.04 Å². The molecule has 1 atom stereocenters. The first-order valence-electron chi connectivity index (χ1n) is 4.12. The number of nitrogens with one attached hydrogen (secondary N) is 1. The van der Waals surface area contributed by atoms with Crippen LogP contribution in [0.25, 0.3) is 0 Å². The van der Waals surface area contributed by atoms with Crippen LogP contribution in [-0.2, 0) is 9.47 Å². The van der Waals surface area contributed by atoms with Crippen LogP contribution in [0, 0.1) is 0 Å². The van der Waals surface area contributed by atoms with E-state index in [1.807, 2.05) is 0 Å². The topological polar surface area (TPSA) is 42.8 Å². The summed E-state index contributed by atoms with van der Waals surface area (Å²) >= 11 is 0. The summed E-state index contributed by atoms with van der Waals surface area (Å²) in [6.45, 7) is 2.92. The van der Waals surface area contributed by atoms with E-state index in [1.165, 1.54) is 0 Å². The highest BCUT2D eigenvalue weighted by molar-refractivity contribution is 5.60.